The van der Waals surface area contributed by atoms with Crippen LogP contribution in [0.1, 0.15) is 19.4 Å². The van der Waals surface area contributed by atoms with Gasteiger partial charge in [0.2, 0.25) is 0 Å². The molecule has 0 bridgehead atoms. The summed E-state index contributed by atoms with van der Waals surface area (Å²) in [6, 6.07) is 3.35. The number of thiocarbonyl (C=S) groups is 1. The van der Waals surface area contributed by atoms with Gasteiger partial charge in [-0.3, -0.25) is 9.69 Å². The topological polar surface area (TPSA) is 29.5 Å². The lowest BCUT2D eigenvalue weighted by Crippen LogP contribution is -2.31. The Labute approximate surface area is 161 Å². The second-order valence-electron chi connectivity index (χ2n) is 5.49. The van der Waals surface area contributed by atoms with E-state index in [0.29, 0.717) is 43.0 Å². The largest absolute Gasteiger partial charge is 0.478 e. The van der Waals surface area contributed by atoms with Gasteiger partial charge in [0.15, 0.2) is 5.75 Å². The predicted molar refractivity (Wildman–Crippen MR) is 106 cm³/mol. The van der Waals surface area contributed by atoms with Crippen molar-refractivity contribution in [1.82, 2.24) is 4.90 Å². The van der Waals surface area contributed by atoms with E-state index in [1.807, 2.05) is 13.8 Å². The molecule has 1 aromatic rings. The summed E-state index contributed by atoms with van der Waals surface area (Å²) in [6.45, 7) is 4.75. The molecule has 7 heteroatoms. The zero-order valence-electron chi connectivity index (χ0n) is 13.1. The number of benzene rings is 1. The van der Waals surface area contributed by atoms with Gasteiger partial charge in [0.25, 0.3) is 5.91 Å². The lowest BCUT2D eigenvalue weighted by atomic mass is 10.2. The molecule has 24 heavy (non-hydrogen) atoms. The van der Waals surface area contributed by atoms with Gasteiger partial charge in [-0.15, -0.1) is 6.42 Å². The maximum Gasteiger partial charge on any atom is 0.266 e. The van der Waals surface area contributed by atoms with Crippen LogP contribution in [0, 0.1) is 18.3 Å². The molecule has 0 atom stereocenters. The molecule has 1 aromatic carbocycles. The molecule has 0 unspecified atom stereocenters. The van der Waals surface area contributed by atoms with Crippen molar-refractivity contribution < 1.29 is 9.53 Å². The van der Waals surface area contributed by atoms with E-state index < -0.39 is 0 Å². The minimum atomic E-state index is -0.0985. The Morgan fingerprint density at radius 1 is 1.42 bits per heavy atom. The molecule has 1 heterocycles. The molecule has 0 N–H and O–H groups in total. The van der Waals surface area contributed by atoms with E-state index in [1.165, 1.54) is 11.8 Å². The molecule has 2 rings (SSSR count). The molecule has 0 saturated carbocycles. The Morgan fingerprint density at radius 3 is 2.58 bits per heavy atom. The van der Waals surface area contributed by atoms with Crippen LogP contribution < -0.4 is 4.74 Å². The van der Waals surface area contributed by atoms with E-state index in [2.05, 4.69) is 5.92 Å². The van der Waals surface area contributed by atoms with Crippen molar-refractivity contribution in [1.29, 1.82) is 0 Å². The number of rotatable bonds is 5. The van der Waals surface area contributed by atoms with Crippen LogP contribution in [0.15, 0.2) is 17.0 Å². The van der Waals surface area contributed by atoms with Gasteiger partial charge in [0.1, 0.15) is 10.9 Å². The summed E-state index contributed by atoms with van der Waals surface area (Å²) in [4.78, 5) is 14.6. The Kier molecular flexibility index (Phi) is 6.59. The van der Waals surface area contributed by atoms with Crippen molar-refractivity contribution in [2.75, 3.05) is 13.2 Å². The van der Waals surface area contributed by atoms with Crippen LogP contribution in [0.25, 0.3) is 6.08 Å². The Morgan fingerprint density at radius 2 is 2.04 bits per heavy atom. The van der Waals surface area contributed by atoms with Crippen LogP contribution in [0.4, 0.5) is 0 Å². The first-order chi connectivity index (χ1) is 11.3. The van der Waals surface area contributed by atoms with Gasteiger partial charge >= 0.3 is 0 Å². The predicted octanol–water partition coefficient (Wildman–Crippen LogP) is 4.86. The lowest BCUT2D eigenvalue weighted by molar-refractivity contribution is -0.122. The minimum absolute atomic E-state index is 0.0760. The Bertz CT molecular complexity index is 730. The SMILES string of the molecule is C#CCOc1c(Cl)cc(C=C2SC(=S)N(CC(C)C)C2=O)cc1Cl. The van der Waals surface area contributed by atoms with Crippen molar-refractivity contribution in [3.05, 3.63) is 32.6 Å². The molecule has 3 nitrogen and oxygen atoms in total. The maximum atomic E-state index is 12.5. The summed E-state index contributed by atoms with van der Waals surface area (Å²) in [6.07, 6.45) is 6.89. The third kappa shape index (κ3) is 4.46. The molecule has 0 radical (unpaired) electrons. The smallest absolute Gasteiger partial charge is 0.266 e. The van der Waals surface area contributed by atoms with Crippen LogP contribution in [0.2, 0.25) is 10.0 Å². The second kappa shape index (κ2) is 8.26. The van der Waals surface area contributed by atoms with Gasteiger partial charge < -0.3 is 4.74 Å². The third-order valence-corrected chi connectivity index (χ3v) is 4.98. The summed E-state index contributed by atoms with van der Waals surface area (Å²) in [7, 11) is 0. The molecule has 1 fully saturated rings. The molecule has 126 valence electrons. The summed E-state index contributed by atoms with van der Waals surface area (Å²) in [5, 5.41) is 0.670. The standard InChI is InChI=1S/C17H15Cl2NO2S2/c1-4-5-22-15-12(18)6-11(7-13(15)19)8-14-16(21)20(9-10(2)3)17(23)24-14/h1,6-8,10H,5,9H2,2-3H3. The molecule has 0 aliphatic carbocycles. The Hall–Kier alpha value is -1.19. The van der Waals surface area contributed by atoms with Gasteiger partial charge in [-0.05, 0) is 29.7 Å². The van der Waals surface area contributed by atoms with E-state index in [4.69, 9.17) is 46.6 Å². The van der Waals surface area contributed by atoms with Crippen LogP contribution >= 0.6 is 47.2 Å². The fraction of sp³-hybridized carbons (Fsp3) is 0.294. The molecule has 1 aliphatic heterocycles. The molecular formula is C17H15Cl2NO2S2. The number of hydrogen-bond acceptors (Lipinski definition) is 4. The van der Waals surface area contributed by atoms with Crippen LogP contribution in [0.3, 0.4) is 0 Å². The quantitative estimate of drug-likeness (QED) is 0.401. The summed E-state index contributed by atoms with van der Waals surface area (Å²) in [5.74, 6) is 2.93. The van der Waals surface area contributed by atoms with Gasteiger partial charge in [-0.1, -0.05) is 66.9 Å². The highest BCUT2D eigenvalue weighted by molar-refractivity contribution is 8.26. The number of amides is 1. The maximum absolute atomic E-state index is 12.5. The van der Waals surface area contributed by atoms with Crippen molar-refractivity contribution in [2.45, 2.75) is 13.8 Å². The number of terminal acetylenes is 1. The summed E-state index contributed by atoms with van der Waals surface area (Å²) >= 11 is 18.9. The first-order valence-corrected chi connectivity index (χ1v) is 9.12. The second-order valence-corrected chi connectivity index (χ2v) is 7.98. The number of thioether (sulfide) groups is 1. The number of halogens is 2. The molecule has 1 amide bonds. The van der Waals surface area contributed by atoms with Gasteiger partial charge in [-0.2, -0.15) is 0 Å². The summed E-state index contributed by atoms with van der Waals surface area (Å²) in [5.41, 5.74) is 0.697. The lowest BCUT2D eigenvalue weighted by Gasteiger charge is -2.16. The first kappa shape index (κ1) is 19.1. The number of hydrogen-bond donors (Lipinski definition) is 0. The molecule has 1 saturated heterocycles. The number of nitrogens with zero attached hydrogens (tertiary/aromatic N) is 1. The van der Waals surface area contributed by atoms with Crippen LogP contribution in [-0.4, -0.2) is 28.3 Å². The van der Waals surface area contributed by atoms with Gasteiger partial charge in [0.05, 0.1) is 15.0 Å². The molecule has 1 aliphatic rings. The average Bonchev–Trinajstić information content (AvgIpc) is 2.74. The van der Waals surface area contributed by atoms with Crippen LogP contribution in [0.5, 0.6) is 5.75 Å². The monoisotopic (exact) mass is 399 g/mol. The van der Waals surface area contributed by atoms with Crippen molar-refractivity contribution in [3.63, 3.8) is 0 Å². The highest BCUT2D eigenvalue weighted by atomic mass is 35.5. The fourth-order valence-corrected chi connectivity index (χ4v) is 3.98. The summed E-state index contributed by atoms with van der Waals surface area (Å²) < 4.78 is 5.88. The number of ether oxygens (including phenoxy) is 1. The average molecular weight is 400 g/mol. The van der Waals surface area contributed by atoms with E-state index in [9.17, 15) is 4.79 Å². The zero-order chi connectivity index (χ0) is 17.9. The van der Waals surface area contributed by atoms with Crippen LogP contribution in [-0.2, 0) is 4.79 Å². The molecule has 0 spiro atoms. The van der Waals surface area contributed by atoms with Gasteiger partial charge in [-0.25, -0.2) is 0 Å². The third-order valence-electron chi connectivity index (χ3n) is 3.04. The van der Waals surface area contributed by atoms with Crippen molar-refractivity contribution in [2.24, 2.45) is 5.92 Å². The van der Waals surface area contributed by atoms with E-state index in [0.717, 1.165) is 0 Å². The minimum Gasteiger partial charge on any atom is -0.478 e. The van der Waals surface area contributed by atoms with Gasteiger partial charge in [0, 0.05) is 6.54 Å². The number of carbonyl (C=O) groups is 1. The normalized spacial score (nSPS) is 16.2. The van der Waals surface area contributed by atoms with Crippen molar-refractivity contribution in [3.8, 4) is 18.1 Å². The highest BCUT2D eigenvalue weighted by Crippen LogP contribution is 2.37. The van der Waals surface area contributed by atoms with Crippen molar-refractivity contribution >= 4 is 63.5 Å². The highest BCUT2D eigenvalue weighted by Gasteiger charge is 2.32. The first-order valence-electron chi connectivity index (χ1n) is 7.14. The van der Waals surface area contributed by atoms with E-state index >= 15 is 0 Å². The molecule has 0 aromatic heterocycles. The number of carbonyl (C=O) groups excluding carboxylic acids is 1. The Balaban J connectivity index is 2.27. The fourth-order valence-electron chi connectivity index (χ4n) is 2.09. The van der Waals surface area contributed by atoms with E-state index in [-0.39, 0.29) is 12.5 Å². The van der Waals surface area contributed by atoms with E-state index in [1.54, 1.807) is 23.1 Å². The zero-order valence-corrected chi connectivity index (χ0v) is 16.3. The molecular weight excluding hydrogens is 385 g/mol.